The van der Waals surface area contributed by atoms with Crippen molar-refractivity contribution in [1.82, 2.24) is 0 Å². The van der Waals surface area contributed by atoms with Gasteiger partial charge in [0.05, 0.1) is 4.47 Å². The van der Waals surface area contributed by atoms with Crippen LogP contribution in [0.1, 0.15) is 11.6 Å². The summed E-state index contributed by atoms with van der Waals surface area (Å²) in [5.74, 6) is 0.00183. The normalized spacial score (nSPS) is 15.1. The van der Waals surface area contributed by atoms with E-state index in [1.807, 2.05) is 0 Å². The number of carbonyl (C=O) groups is 1. The van der Waals surface area contributed by atoms with Crippen molar-refractivity contribution in [3.63, 3.8) is 0 Å². The minimum Gasteiger partial charge on any atom is -0.480 e. The smallest absolute Gasteiger partial charge is 0.325 e. The molecule has 0 bridgehead atoms. The molecule has 1 aliphatic rings. The maximum Gasteiger partial charge on any atom is 0.325 e. The van der Waals surface area contributed by atoms with Crippen LogP contribution < -0.4 is 15.2 Å². The van der Waals surface area contributed by atoms with Crippen LogP contribution in [0.15, 0.2) is 16.6 Å². The van der Waals surface area contributed by atoms with Crippen LogP contribution in [0.5, 0.6) is 11.5 Å². The lowest BCUT2D eigenvalue weighted by Crippen LogP contribution is -2.21. The molecule has 1 aromatic carbocycles. The third kappa shape index (κ3) is 1.66. The van der Waals surface area contributed by atoms with Gasteiger partial charge in [-0.05, 0) is 27.6 Å². The number of ether oxygens (including phenoxy) is 2. The number of fused-ring (bicyclic) bond motifs is 1. The zero-order chi connectivity index (χ0) is 11.0. The third-order valence-corrected chi connectivity index (χ3v) is 2.93. The fourth-order valence-corrected chi connectivity index (χ4v) is 2.02. The topological polar surface area (TPSA) is 81.8 Å². The van der Waals surface area contributed by atoms with Crippen LogP contribution >= 0.6 is 15.9 Å². The highest BCUT2D eigenvalue weighted by Crippen LogP contribution is 2.42. The van der Waals surface area contributed by atoms with Gasteiger partial charge in [-0.3, -0.25) is 4.79 Å². The Morgan fingerprint density at radius 3 is 2.93 bits per heavy atom. The molecule has 2 rings (SSSR count). The monoisotopic (exact) mass is 273 g/mol. The molecule has 0 amide bonds. The molecule has 1 atom stereocenters. The Morgan fingerprint density at radius 2 is 2.27 bits per heavy atom. The van der Waals surface area contributed by atoms with Gasteiger partial charge in [0.15, 0.2) is 11.5 Å². The first-order valence-electron chi connectivity index (χ1n) is 4.17. The second-order valence-corrected chi connectivity index (χ2v) is 3.81. The molecule has 6 heteroatoms. The van der Waals surface area contributed by atoms with Crippen molar-refractivity contribution < 1.29 is 19.4 Å². The zero-order valence-corrected chi connectivity index (χ0v) is 9.15. The minimum atomic E-state index is -1.09. The molecule has 15 heavy (non-hydrogen) atoms. The number of carboxylic acids is 1. The molecule has 0 fully saturated rings. The van der Waals surface area contributed by atoms with Gasteiger partial charge in [0.2, 0.25) is 6.79 Å². The van der Waals surface area contributed by atoms with Crippen LogP contribution in [-0.2, 0) is 4.79 Å². The number of hydrogen-bond acceptors (Lipinski definition) is 4. The minimum absolute atomic E-state index is 0.139. The average Bonchev–Trinajstić information content (AvgIpc) is 2.66. The Balaban J connectivity index is 2.46. The second kappa shape index (κ2) is 3.71. The van der Waals surface area contributed by atoms with Crippen molar-refractivity contribution in [3.05, 3.63) is 22.2 Å². The van der Waals surface area contributed by atoms with Crippen LogP contribution in [0, 0.1) is 0 Å². The Kier molecular flexibility index (Phi) is 2.54. The van der Waals surface area contributed by atoms with Crippen LogP contribution in [-0.4, -0.2) is 17.9 Å². The fraction of sp³-hybridized carbons (Fsp3) is 0.222. The molecule has 1 aliphatic heterocycles. The van der Waals surface area contributed by atoms with Gasteiger partial charge in [-0.15, -0.1) is 0 Å². The van der Waals surface area contributed by atoms with Crippen molar-refractivity contribution >= 4 is 21.9 Å². The van der Waals surface area contributed by atoms with E-state index >= 15 is 0 Å². The molecule has 0 saturated carbocycles. The highest BCUT2D eigenvalue weighted by atomic mass is 79.9. The Bertz CT molecular complexity index is 421. The van der Waals surface area contributed by atoms with E-state index in [9.17, 15) is 4.79 Å². The van der Waals surface area contributed by atoms with Crippen LogP contribution in [0.4, 0.5) is 0 Å². The number of rotatable bonds is 2. The van der Waals surface area contributed by atoms with Gasteiger partial charge in [-0.25, -0.2) is 0 Å². The number of hydrogen-bond donors (Lipinski definition) is 2. The summed E-state index contributed by atoms with van der Waals surface area (Å²) in [6.07, 6.45) is 0. The van der Waals surface area contributed by atoms with E-state index in [2.05, 4.69) is 15.9 Å². The number of carboxylic acid groups (broad SMARTS) is 1. The molecule has 1 unspecified atom stereocenters. The summed E-state index contributed by atoms with van der Waals surface area (Å²) in [4.78, 5) is 10.7. The highest BCUT2D eigenvalue weighted by Gasteiger charge is 2.24. The van der Waals surface area contributed by atoms with Crippen LogP contribution in [0.2, 0.25) is 0 Å². The van der Waals surface area contributed by atoms with Crippen molar-refractivity contribution in [3.8, 4) is 11.5 Å². The summed E-state index contributed by atoms with van der Waals surface area (Å²) < 4.78 is 10.9. The first-order valence-corrected chi connectivity index (χ1v) is 4.97. The van der Waals surface area contributed by atoms with Crippen molar-refractivity contribution in [1.29, 1.82) is 0 Å². The molecule has 3 N–H and O–H groups in total. The van der Waals surface area contributed by atoms with E-state index in [-0.39, 0.29) is 6.79 Å². The van der Waals surface area contributed by atoms with E-state index in [4.69, 9.17) is 20.3 Å². The molecule has 0 spiro atoms. The quantitative estimate of drug-likeness (QED) is 0.848. The summed E-state index contributed by atoms with van der Waals surface area (Å²) in [7, 11) is 0. The van der Waals surface area contributed by atoms with Gasteiger partial charge in [0.25, 0.3) is 0 Å². The maximum absolute atomic E-state index is 10.7. The molecule has 1 heterocycles. The van der Waals surface area contributed by atoms with Gasteiger partial charge >= 0.3 is 5.97 Å². The number of benzene rings is 1. The summed E-state index contributed by atoms with van der Waals surface area (Å²) in [6.45, 7) is 0.139. The predicted octanol–water partition coefficient (Wildman–Crippen LogP) is 1.26. The van der Waals surface area contributed by atoms with E-state index in [1.165, 1.54) is 0 Å². The summed E-state index contributed by atoms with van der Waals surface area (Å²) in [6, 6.07) is 2.18. The summed E-state index contributed by atoms with van der Waals surface area (Å²) in [5.41, 5.74) is 5.97. The molecule has 5 nitrogen and oxygen atoms in total. The standard InChI is InChI=1S/C9H8BrNO4/c10-6-4(7(11)9(12)13)1-2-5-8(6)15-3-14-5/h1-2,7H,3,11H2,(H,12,13). The number of aliphatic carboxylic acids is 1. The molecule has 0 aliphatic carbocycles. The Morgan fingerprint density at radius 1 is 1.53 bits per heavy atom. The largest absolute Gasteiger partial charge is 0.480 e. The summed E-state index contributed by atoms with van der Waals surface area (Å²) >= 11 is 3.25. The first-order chi connectivity index (χ1) is 7.11. The lowest BCUT2D eigenvalue weighted by atomic mass is 10.1. The van der Waals surface area contributed by atoms with E-state index < -0.39 is 12.0 Å². The Hall–Kier alpha value is -1.27. The third-order valence-electron chi connectivity index (χ3n) is 2.11. The van der Waals surface area contributed by atoms with Gasteiger partial charge in [-0.1, -0.05) is 6.07 Å². The number of halogens is 1. The van der Waals surface area contributed by atoms with Gasteiger partial charge in [-0.2, -0.15) is 0 Å². The van der Waals surface area contributed by atoms with Crippen molar-refractivity contribution in [2.45, 2.75) is 6.04 Å². The van der Waals surface area contributed by atoms with Crippen LogP contribution in [0.3, 0.4) is 0 Å². The Labute approximate surface area is 93.9 Å². The molecule has 0 aromatic heterocycles. The van der Waals surface area contributed by atoms with Gasteiger partial charge in [0.1, 0.15) is 6.04 Å². The van der Waals surface area contributed by atoms with Crippen LogP contribution in [0.25, 0.3) is 0 Å². The van der Waals surface area contributed by atoms with E-state index in [1.54, 1.807) is 12.1 Å². The van der Waals surface area contributed by atoms with Gasteiger partial charge < -0.3 is 20.3 Å². The summed E-state index contributed by atoms with van der Waals surface area (Å²) in [5, 5.41) is 8.79. The highest BCUT2D eigenvalue weighted by molar-refractivity contribution is 9.10. The van der Waals surface area contributed by atoms with Crippen molar-refractivity contribution in [2.24, 2.45) is 5.73 Å². The van der Waals surface area contributed by atoms with Crippen molar-refractivity contribution in [2.75, 3.05) is 6.79 Å². The fourth-order valence-electron chi connectivity index (χ4n) is 1.33. The molecule has 0 saturated heterocycles. The SMILES string of the molecule is NC(C(=O)O)c1ccc2c(c1Br)OCO2. The second-order valence-electron chi connectivity index (χ2n) is 3.02. The van der Waals surface area contributed by atoms with E-state index in [0.29, 0.717) is 21.5 Å². The lowest BCUT2D eigenvalue weighted by molar-refractivity contribution is -0.138. The molecular weight excluding hydrogens is 266 g/mol. The molecule has 80 valence electrons. The first kappa shape index (κ1) is 10.3. The molecule has 0 radical (unpaired) electrons. The van der Waals surface area contributed by atoms with E-state index in [0.717, 1.165) is 0 Å². The zero-order valence-electron chi connectivity index (χ0n) is 7.57. The number of nitrogens with two attached hydrogens (primary N) is 1. The molecule has 1 aromatic rings. The van der Waals surface area contributed by atoms with Gasteiger partial charge in [0, 0.05) is 0 Å². The average molecular weight is 274 g/mol. The lowest BCUT2D eigenvalue weighted by Gasteiger charge is -2.10. The molecular formula is C9H8BrNO4. The maximum atomic E-state index is 10.7. The predicted molar refractivity (Wildman–Crippen MR) is 54.8 cm³/mol.